The monoisotopic (exact) mass is 246 g/mol. The average Bonchev–Trinajstić information content (AvgIpc) is 2.02. The highest BCUT2D eigenvalue weighted by Gasteiger charge is 2.37. The fourth-order valence-corrected chi connectivity index (χ4v) is 9.27. The summed E-state index contributed by atoms with van der Waals surface area (Å²) in [5.74, 6) is 0. The van der Waals surface area contributed by atoms with Gasteiger partial charge in [-0.05, 0) is 12.8 Å². The van der Waals surface area contributed by atoms with Crippen molar-refractivity contribution in [3.8, 4) is 0 Å². The minimum absolute atomic E-state index is 0.527. The van der Waals surface area contributed by atoms with Crippen LogP contribution in [0.3, 0.4) is 0 Å². The van der Waals surface area contributed by atoms with Crippen molar-refractivity contribution in [1.29, 1.82) is 0 Å². The van der Waals surface area contributed by atoms with Crippen molar-refractivity contribution in [3.63, 3.8) is 0 Å². The molecule has 0 amide bonds. The average molecular weight is 247 g/mol. The second-order valence-electron chi connectivity index (χ2n) is 6.07. The molecule has 2 unspecified atom stereocenters. The molecule has 2 atom stereocenters. The highest BCUT2D eigenvalue weighted by molar-refractivity contribution is 6.58. The van der Waals surface area contributed by atoms with Crippen LogP contribution < -0.4 is 0 Å². The van der Waals surface area contributed by atoms with Gasteiger partial charge in [0.15, 0.2) is 0 Å². The molecule has 0 saturated carbocycles. The molecule has 0 saturated heterocycles. The highest BCUT2D eigenvalue weighted by Crippen LogP contribution is 2.22. The molecule has 0 rings (SSSR count). The van der Waals surface area contributed by atoms with Crippen LogP contribution in [0.25, 0.3) is 0 Å². The molecule has 0 aliphatic carbocycles. The Balaban J connectivity index is 4.88. The lowest BCUT2D eigenvalue weighted by Gasteiger charge is -2.47. The van der Waals surface area contributed by atoms with Crippen molar-refractivity contribution in [2.75, 3.05) is 14.1 Å². The van der Waals surface area contributed by atoms with E-state index in [4.69, 9.17) is 0 Å². The third-order valence-corrected chi connectivity index (χ3v) is 9.64. The fourth-order valence-electron chi connectivity index (χ4n) is 3.67. The molecule has 0 aromatic rings. The molecule has 92 valence electrons. The maximum absolute atomic E-state index is 2.52. The van der Waals surface area contributed by atoms with Crippen molar-refractivity contribution in [2.24, 2.45) is 0 Å². The van der Waals surface area contributed by atoms with Crippen LogP contribution in [0.15, 0.2) is 0 Å². The predicted molar refractivity (Wildman–Crippen MR) is 78.0 cm³/mol. The van der Waals surface area contributed by atoms with Gasteiger partial charge in [-0.3, -0.25) is 0 Å². The van der Waals surface area contributed by atoms with Gasteiger partial charge >= 0.3 is 0 Å². The molecule has 0 fully saturated rings. The summed E-state index contributed by atoms with van der Waals surface area (Å²) in [6.07, 6.45) is 2.74. The summed E-state index contributed by atoms with van der Waals surface area (Å²) in [5, 5.41) is 0. The number of hydrogen-bond donors (Lipinski definition) is 0. The Morgan fingerprint density at radius 1 is 0.800 bits per heavy atom. The van der Waals surface area contributed by atoms with Gasteiger partial charge in [0.2, 0.25) is 0 Å². The number of hydrogen-bond acceptors (Lipinski definition) is 0. The maximum Gasteiger partial charge on any atom is 0.102 e. The Morgan fingerprint density at radius 3 is 1.20 bits per heavy atom. The number of rotatable bonds is 6. The zero-order chi connectivity index (χ0) is 12.2. The first-order valence-electron chi connectivity index (χ1n) is 6.62. The van der Waals surface area contributed by atoms with Gasteiger partial charge in [-0.25, -0.2) is 0 Å². The zero-order valence-electron chi connectivity index (χ0n) is 12.2. The lowest BCUT2D eigenvalue weighted by Crippen LogP contribution is -2.63. The summed E-state index contributed by atoms with van der Waals surface area (Å²) in [6.45, 7) is 14.8. The van der Waals surface area contributed by atoms with Crippen LogP contribution in [0.2, 0.25) is 26.2 Å². The van der Waals surface area contributed by atoms with Gasteiger partial charge in [0.1, 0.15) is 17.6 Å². The zero-order valence-corrected chi connectivity index (χ0v) is 14.5. The van der Waals surface area contributed by atoms with Gasteiger partial charge in [0.25, 0.3) is 0 Å². The van der Waals surface area contributed by atoms with E-state index in [1.165, 1.54) is 17.3 Å². The van der Waals surface area contributed by atoms with E-state index >= 15 is 0 Å². The minimum atomic E-state index is -0.527. The van der Waals surface area contributed by atoms with Crippen molar-refractivity contribution >= 4 is 17.6 Å². The predicted octanol–water partition coefficient (Wildman–Crippen LogP) is 2.67. The van der Waals surface area contributed by atoms with Crippen LogP contribution in [0.4, 0.5) is 0 Å². The smallest absolute Gasteiger partial charge is 0.102 e. The Bertz CT molecular complexity index is 160. The second-order valence-corrected chi connectivity index (χ2v) is 12.6. The molecule has 3 heteroatoms. The molecule has 0 heterocycles. The van der Waals surface area contributed by atoms with Gasteiger partial charge in [-0.1, -0.05) is 40.0 Å². The lowest BCUT2D eigenvalue weighted by atomic mass is 10.3. The Kier molecular flexibility index (Phi) is 6.37. The van der Waals surface area contributed by atoms with Crippen molar-refractivity contribution in [1.82, 2.24) is 0 Å². The minimum Gasteiger partial charge on any atom is -0.331 e. The quantitative estimate of drug-likeness (QED) is 0.499. The number of quaternary nitrogens is 1. The summed E-state index contributed by atoms with van der Waals surface area (Å²) in [4.78, 5) is 0. The number of nitrogens with zero attached hydrogens (tertiary/aromatic N) is 1. The summed E-state index contributed by atoms with van der Waals surface area (Å²) >= 11 is 0. The van der Waals surface area contributed by atoms with E-state index in [-0.39, 0.29) is 0 Å². The Labute approximate surface area is 101 Å². The molecule has 0 N–H and O–H groups in total. The third kappa shape index (κ3) is 3.72. The summed E-state index contributed by atoms with van der Waals surface area (Å²) < 4.78 is 1.31. The molecule has 0 aromatic heterocycles. The fraction of sp³-hybridized carbons (Fsp3) is 1.00. The van der Waals surface area contributed by atoms with Crippen LogP contribution in [-0.2, 0) is 0 Å². The SMILES string of the molecule is CCC([SiH](C)C)[N+](C)(C)C(CC)[SiH](C)C. The maximum atomic E-state index is 2.52. The van der Waals surface area contributed by atoms with Gasteiger partial charge in [0.05, 0.1) is 25.4 Å². The molecule has 0 aliphatic heterocycles. The second kappa shape index (κ2) is 6.21. The van der Waals surface area contributed by atoms with E-state index in [0.717, 1.165) is 11.3 Å². The van der Waals surface area contributed by atoms with E-state index in [9.17, 15) is 0 Å². The van der Waals surface area contributed by atoms with E-state index < -0.39 is 17.6 Å². The Hall–Kier alpha value is 0.394. The molecule has 1 nitrogen and oxygen atoms in total. The van der Waals surface area contributed by atoms with E-state index in [2.05, 4.69) is 54.1 Å². The largest absolute Gasteiger partial charge is 0.331 e. The first-order chi connectivity index (χ1) is 6.78. The van der Waals surface area contributed by atoms with Crippen molar-refractivity contribution in [2.45, 2.75) is 64.2 Å². The highest BCUT2D eigenvalue weighted by atomic mass is 28.3. The van der Waals surface area contributed by atoms with Crippen LogP contribution >= 0.6 is 0 Å². The Morgan fingerprint density at radius 2 is 1.07 bits per heavy atom. The molecule has 0 aliphatic rings. The van der Waals surface area contributed by atoms with E-state index in [0.29, 0.717) is 0 Å². The van der Waals surface area contributed by atoms with Gasteiger partial charge in [0, 0.05) is 0 Å². The van der Waals surface area contributed by atoms with Gasteiger partial charge < -0.3 is 4.48 Å². The van der Waals surface area contributed by atoms with E-state index in [1.807, 2.05) is 0 Å². The third-order valence-electron chi connectivity index (χ3n) is 4.09. The summed E-state index contributed by atoms with van der Waals surface area (Å²) in [7, 11) is 3.92. The molecular weight excluding hydrogens is 214 g/mol. The lowest BCUT2D eigenvalue weighted by molar-refractivity contribution is -0.916. The van der Waals surface area contributed by atoms with Crippen LogP contribution in [-0.4, -0.2) is 47.5 Å². The molecule has 0 radical (unpaired) electrons. The van der Waals surface area contributed by atoms with Crippen LogP contribution in [0, 0.1) is 0 Å². The van der Waals surface area contributed by atoms with Crippen LogP contribution in [0.1, 0.15) is 26.7 Å². The van der Waals surface area contributed by atoms with E-state index in [1.54, 1.807) is 0 Å². The first-order valence-corrected chi connectivity index (χ1v) is 12.6. The van der Waals surface area contributed by atoms with Gasteiger partial charge in [-0.15, -0.1) is 0 Å². The van der Waals surface area contributed by atoms with Crippen LogP contribution in [0.5, 0.6) is 0 Å². The molecule has 0 aromatic carbocycles. The van der Waals surface area contributed by atoms with Crippen molar-refractivity contribution < 1.29 is 4.48 Å². The molecular formula is C12H32NSi2+. The molecule has 0 bridgehead atoms. The topological polar surface area (TPSA) is 0 Å². The first kappa shape index (κ1) is 15.4. The normalized spacial score (nSPS) is 17.2. The molecule has 0 spiro atoms. The summed E-state index contributed by atoms with van der Waals surface area (Å²) in [6, 6.07) is 0. The summed E-state index contributed by atoms with van der Waals surface area (Å²) in [5.41, 5.74) is 1.93. The van der Waals surface area contributed by atoms with Crippen molar-refractivity contribution in [3.05, 3.63) is 0 Å². The van der Waals surface area contributed by atoms with Gasteiger partial charge in [-0.2, -0.15) is 0 Å². The standard InChI is InChI=1S/C12H32NSi2/c1-9-11(14(5)6)13(3,4)12(10-2)15(7)8/h11-12,14-15H,9-10H2,1-8H3/q+1. The molecule has 15 heavy (non-hydrogen) atoms.